The Balaban J connectivity index is 0.00000242. The summed E-state index contributed by atoms with van der Waals surface area (Å²) in [5.74, 6) is 0.0919. The smallest absolute Gasteiger partial charge is 0.0700 e. The second-order valence-corrected chi connectivity index (χ2v) is 6.70. The Morgan fingerprint density at radius 3 is 2.52 bits per heavy atom. The molecule has 1 saturated heterocycles. The lowest BCUT2D eigenvalue weighted by Gasteiger charge is -2.38. The predicted octanol–water partition coefficient (Wildman–Crippen LogP) is 3.72. The molecule has 0 spiro atoms. The fourth-order valence-corrected chi connectivity index (χ4v) is 3.42. The van der Waals surface area contributed by atoms with Crippen LogP contribution >= 0.6 is 36.4 Å². The van der Waals surface area contributed by atoms with Gasteiger partial charge in [0.25, 0.3) is 0 Å². The van der Waals surface area contributed by atoms with Crippen LogP contribution < -0.4 is 5.32 Å². The minimum Gasteiger partial charge on any atom is -0.389 e. The molecule has 0 radical (unpaired) electrons. The van der Waals surface area contributed by atoms with Crippen molar-refractivity contribution in [1.29, 1.82) is 0 Å². The van der Waals surface area contributed by atoms with Crippen LogP contribution in [0.4, 0.5) is 0 Å². The average Bonchev–Trinajstić information content (AvgIpc) is 2.45. The maximum atomic E-state index is 11.0. The van der Waals surface area contributed by atoms with E-state index in [4.69, 9.17) is 11.6 Å². The third-order valence-electron chi connectivity index (χ3n) is 4.41. The first-order valence-electron chi connectivity index (χ1n) is 7.94. The molecule has 0 amide bonds. The van der Waals surface area contributed by atoms with Crippen molar-refractivity contribution in [3.8, 4) is 0 Å². The molecular weight excluding hydrogens is 355 g/mol. The highest BCUT2D eigenvalue weighted by Crippen LogP contribution is 2.34. The first kappa shape index (κ1) is 23.0. The van der Waals surface area contributed by atoms with Crippen LogP contribution in [-0.4, -0.2) is 48.3 Å². The number of nitrogens with one attached hydrogen (secondary N) is 1. The lowest BCUT2D eigenvalue weighted by molar-refractivity contribution is 0.00747. The molecule has 2 N–H and O–H groups in total. The van der Waals surface area contributed by atoms with Gasteiger partial charge in [0, 0.05) is 43.7 Å². The SMILES string of the molecule is CCCC(C)(O)C(CN1CCNCC1)c1cccc(Cl)c1.Cl.Cl. The molecule has 1 fully saturated rings. The van der Waals surface area contributed by atoms with E-state index in [0.29, 0.717) is 0 Å². The number of nitrogens with zero attached hydrogens (tertiary/aromatic N) is 1. The van der Waals surface area contributed by atoms with Crippen LogP contribution in [0.15, 0.2) is 24.3 Å². The van der Waals surface area contributed by atoms with E-state index in [2.05, 4.69) is 23.2 Å². The summed E-state index contributed by atoms with van der Waals surface area (Å²) in [5.41, 5.74) is 0.434. The van der Waals surface area contributed by atoms with Crippen molar-refractivity contribution in [3.05, 3.63) is 34.9 Å². The highest BCUT2D eigenvalue weighted by atomic mass is 35.5. The zero-order valence-corrected chi connectivity index (χ0v) is 16.3. The number of hydrogen-bond acceptors (Lipinski definition) is 3. The van der Waals surface area contributed by atoms with E-state index in [1.165, 1.54) is 0 Å². The van der Waals surface area contributed by atoms with Crippen molar-refractivity contribution < 1.29 is 5.11 Å². The van der Waals surface area contributed by atoms with Crippen molar-refractivity contribution in [2.24, 2.45) is 0 Å². The van der Waals surface area contributed by atoms with Gasteiger partial charge in [-0.05, 0) is 31.0 Å². The van der Waals surface area contributed by atoms with Gasteiger partial charge in [-0.1, -0.05) is 37.1 Å². The molecule has 0 bridgehead atoms. The molecule has 23 heavy (non-hydrogen) atoms. The van der Waals surface area contributed by atoms with Gasteiger partial charge in [0.1, 0.15) is 0 Å². The normalized spacial score (nSPS) is 19.1. The van der Waals surface area contributed by atoms with Crippen molar-refractivity contribution in [2.75, 3.05) is 32.7 Å². The van der Waals surface area contributed by atoms with Crippen LogP contribution in [0.5, 0.6) is 0 Å². The van der Waals surface area contributed by atoms with E-state index >= 15 is 0 Å². The first-order chi connectivity index (χ1) is 10.0. The summed E-state index contributed by atoms with van der Waals surface area (Å²) in [4.78, 5) is 2.44. The molecule has 1 heterocycles. The number of hydrogen-bond donors (Lipinski definition) is 2. The molecule has 1 aromatic rings. The summed E-state index contributed by atoms with van der Waals surface area (Å²) in [5, 5.41) is 15.1. The number of rotatable bonds is 6. The van der Waals surface area contributed by atoms with Gasteiger partial charge in [0.2, 0.25) is 0 Å². The van der Waals surface area contributed by atoms with Crippen molar-refractivity contribution >= 4 is 36.4 Å². The summed E-state index contributed by atoms with van der Waals surface area (Å²) < 4.78 is 0. The number of halogens is 3. The van der Waals surface area contributed by atoms with Gasteiger partial charge in [0.15, 0.2) is 0 Å². The van der Waals surface area contributed by atoms with E-state index in [1.807, 2.05) is 25.1 Å². The predicted molar refractivity (Wildman–Crippen MR) is 104 cm³/mol. The molecule has 0 aromatic heterocycles. The topological polar surface area (TPSA) is 35.5 Å². The van der Waals surface area contributed by atoms with Crippen LogP contribution in [0.3, 0.4) is 0 Å². The van der Waals surface area contributed by atoms with E-state index in [0.717, 1.165) is 56.2 Å². The summed E-state index contributed by atoms with van der Waals surface area (Å²) in [7, 11) is 0. The molecule has 1 aromatic carbocycles. The van der Waals surface area contributed by atoms with Crippen LogP contribution in [0.2, 0.25) is 5.02 Å². The van der Waals surface area contributed by atoms with Crippen LogP contribution in [-0.2, 0) is 0 Å². The van der Waals surface area contributed by atoms with Gasteiger partial charge in [-0.15, -0.1) is 24.8 Å². The molecule has 134 valence electrons. The third kappa shape index (κ3) is 6.77. The Kier molecular flexibility index (Phi) is 10.7. The lowest BCUT2D eigenvalue weighted by atomic mass is 9.80. The molecule has 3 nitrogen and oxygen atoms in total. The van der Waals surface area contributed by atoms with Crippen LogP contribution in [0.1, 0.15) is 38.2 Å². The van der Waals surface area contributed by atoms with E-state index in [9.17, 15) is 5.11 Å². The molecule has 2 rings (SSSR count). The largest absolute Gasteiger partial charge is 0.389 e. The maximum absolute atomic E-state index is 11.0. The summed E-state index contributed by atoms with van der Waals surface area (Å²) in [6.45, 7) is 9.10. The molecule has 6 heteroatoms. The maximum Gasteiger partial charge on any atom is 0.0700 e. The Morgan fingerprint density at radius 2 is 1.96 bits per heavy atom. The molecule has 0 aliphatic carbocycles. The average molecular weight is 384 g/mol. The highest BCUT2D eigenvalue weighted by Gasteiger charge is 2.34. The molecule has 1 aliphatic heterocycles. The molecule has 2 unspecified atom stereocenters. The van der Waals surface area contributed by atoms with Crippen molar-refractivity contribution in [3.63, 3.8) is 0 Å². The van der Waals surface area contributed by atoms with Gasteiger partial charge in [-0.2, -0.15) is 0 Å². The monoisotopic (exact) mass is 382 g/mol. The summed E-state index contributed by atoms with van der Waals surface area (Å²) >= 11 is 6.15. The fraction of sp³-hybridized carbons (Fsp3) is 0.647. The van der Waals surface area contributed by atoms with Crippen LogP contribution in [0.25, 0.3) is 0 Å². The van der Waals surface area contributed by atoms with Gasteiger partial charge in [0.05, 0.1) is 5.60 Å². The van der Waals surface area contributed by atoms with Crippen LogP contribution in [0, 0.1) is 0 Å². The first-order valence-corrected chi connectivity index (χ1v) is 8.31. The Bertz CT molecular complexity index is 451. The quantitative estimate of drug-likeness (QED) is 0.786. The van der Waals surface area contributed by atoms with E-state index < -0.39 is 5.60 Å². The number of piperazine rings is 1. The third-order valence-corrected chi connectivity index (χ3v) is 4.64. The molecule has 0 saturated carbocycles. The van der Waals surface area contributed by atoms with Gasteiger partial charge < -0.3 is 15.3 Å². The van der Waals surface area contributed by atoms with Gasteiger partial charge in [-0.25, -0.2) is 0 Å². The van der Waals surface area contributed by atoms with Gasteiger partial charge >= 0.3 is 0 Å². The summed E-state index contributed by atoms with van der Waals surface area (Å²) in [6, 6.07) is 7.95. The molecule has 1 aliphatic rings. The van der Waals surface area contributed by atoms with Crippen molar-refractivity contribution in [1.82, 2.24) is 10.2 Å². The zero-order chi connectivity index (χ0) is 15.3. The standard InChI is InChI=1S/C17H27ClN2O.2ClH/c1-3-7-17(2,21)16(13-20-10-8-19-9-11-20)14-5-4-6-15(18)12-14;;/h4-6,12,16,19,21H,3,7-11,13H2,1-2H3;2*1H. The number of benzene rings is 1. The highest BCUT2D eigenvalue weighted by molar-refractivity contribution is 6.30. The van der Waals surface area contributed by atoms with Crippen molar-refractivity contribution in [2.45, 2.75) is 38.2 Å². The summed E-state index contributed by atoms with van der Waals surface area (Å²) in [6.07, 6.45) is 1.78. The molecule has 2 atom stereocenters. The molecular formula is C17H29Cl3N2O. The Labute approximate surface area is 157 Å². The minimum atomic E-state index is -0.704. The zero-order valence-electron chi connectivity index (χ0n) is 13.9. The number of aliphatic hydroxyl groups is 1. The minimum absolute atomic E-state index is 0. The fourth-order valence-electron chi connectivity index (χ4n) is 3.22. The van der Waals surface area contributed by atoms with E-state index in [1.54, 1.807) is 0 Å². The Morgan fingerprint density at radius 1 is 1.30 bits per heavy atom. The lowest BCUT2D eigenvalue weighted by Crippen LogP contribution is -2.48. The second kappa shape index (κ2) is 10.8. The van der Waals surface area contributed by atoms with Gasteiger partial charge in [-0.3, -0.25) is 0 Å². The second-order valence-electron chi connectivity index (χ2n) is 6.27. The Hall–Kier alpha value is -0.0300. The van der Waals surface area contributed by atoms with E-state index in [-0.39, 0.29) is 30.7 Å².